The maximum absolute atomic E-state index is 13.5. The Balaban J connectivity index is 2.43. The van der Waals surface area contributed by atoms with Crippen molar-refractivity contribution in [3.05, 3.63) is 58.6 Å². The predicted molar refractivity (Wildman–Crippen MR) is 135 cm³/mol. The normalized spacial score (nSPS) is 12.2. The molecule has 0 saturated carbocycles. The van der Waals surface area contributed by atoms with Crippen LogP contribution in [0, 0.1) is 6.92 Å². The zero-order chi connectivity index (χ0) is 25.6. The molecule has 0 spiro atoms. The number of carbonyl (C=O) groups is 2. The van der Waals surface area contributed by atoms with E-state index in [0.29, 0.717) is 5.75 Å². The summed E-state index contributed by atoms with van der Waals surface area (Å²) in [7, 11) is -2.39. The molecule has 1 N–H and O–H groups in total. The van der Waals surface area contributed by atoms with Crippen LogP contribution >= 0.6 is 11.6 Å². The van der Waals surface area contributed by atoms with Gasteiger partial charge in [-0.15, -0.1) is 0 Å². The van der Waals surface area contributed by atoms with Crippen LogP contribution in [-0.2, 0) is 26.2 Å². The van der Waals surface area contributed by atoms with Crippen LogP contribution < -0.4 is 14.4 Å². The number of halogens is 1. The molecule has 0 unspecified atom stereocenters. The number of ether oxygens (including phenoxy) is 1. The molecule has 34 heavy (non-hydrogen) atoms. The Bertz CT molecular complexity index is 1140. The largest absolute Gasteiger partial charge is 0.495 e. The molecule has 186 valence electrons. The molecule has 2 amide bonds. The summed E-state index contributed by atoms with van der Waals surface area (Å²) < 4.78 is 31.3. The number of sulfonamides is 1. The highest BCUT2D eigenvalue weighted by Crippen LogP contribution is 2.30. The first-order chi connectivity index (χ1) is 15.8. The van der Waals surface area contributed by atoms with Gasteiger partial charge >= 0.3 is 0 Å². The van der Waals surface area contributed by atoms with E-state index in [4.69, 9.17) is 16.3 Å². The molecule has 0 aromatic heterocycles. The fourth-order valence-corrected chi connectivity index (χ4v) is 4.48. The fraction of sp³-hybridized carbons (Fsp3) is 0.417. The van der Waals surface area contributed by atoms with E-state index in [2.05, 4.69) is 5.32 Å². The SMILES string of the molecule is COc1ccc(N(CC(=O)N(Cc2ccccc2C)[C@@H](C)C(=O)NC(C)C)S(C)(=O)=O)cc1Cl. The van der Waals surface area contributed by atoms with Crippen molar-refractivity contribution < 1.29 is 22.7 Å². The summed E-state index contributed by atoms with van der Waals surface area (Å²) in [5, 5.41) is 3.03. The molecule has 0 bridgehead atoms. The zero-order valence-electron chi connectivity index (χ0n) is 20.3. The van der Waals surface area contributed by atoms with Crippen LogP contribution in [-0.4, -0.2) is 57.1 Å². The van der Waals surface area contributed by atoms with Crippen LogP contribution in [0.5, 0.6) is 5.75 Å². The lowest BCUT2D eigenvalue weighted by Gasteiger charge is -2.32. The van der Waals surface area contributed by atoms with Crippen molar-refractivity contribution in [2.24, 2.45) is 0 Å². The van der Waals surface area contributed by atoms with E-state index in [0.717, 1.165) is 21.7 Å². The molecule has 0 saturated heterocycles. The van der Waals surface area contributed by atoms with Crippen molar-refractivity contribution in [2.75, 3.05) is 24.2 Å². The number of carbonyl (C=O) groups excluding carboxylic acids is 2. The molecule has 8 nitrogen and oxygen atoms in total. The van der Waals surface area contributed by atoms with Crippen LogP contribution in [0.15, 0.2) is 42.5 Å². The number of nitrogens with zero attached hydrogens (tertiary/aromatic N) is 2. The van der Waals surface area contributed by atoms with Gasteiger partial charge in [-0.1, -0.05) is 35.9 Å². The lowest BCUT2D eigenvalue weighted by molar-refractivity contribution is -0.139. The quantitative estimate of drug-likeness (QED) is 0.529. The van der Waals surface area contributed by atoms with Gasteiger partial charge in [0.05, 0.1) is 24.1 Å². The number of hydrogen-bond donors (Lipinski definition) is 1. The third-order valence-corrected chi connectivity index (χ3v) is 6.74. The molecule has 1 atom stereocenters. The first-order valence-corrected chi connectivity index (χ1v) is 13.0. The highest BCUT2D eigenvalue weighted by Gasteiger charge is 2.30. The summed E-state index contributed by atoms with van der Waals surface area (Å²) in [6.45, 7) is 6.86. The van der Waals surface area contributed by atoms with Gasteiger partial charge in [-0.3, -0.25) is 13.9 Å². The maximum Gasteiger partial charge on any atom is 0.244 e. The van der Waals surface area contributed by atoms with Crippen molar-refractivity contribution >= 4 is 39.1 Å². The second kappa shape index (κ2) is 11.6. The highest BCUT2D eigenvalue weighted by molar-refractivity contribution is 7.92. The molecular weight excluding hydrogens is 478 g/mol. The number of anilines is 1. The van der Waals surface area contributed by atoms with Crippen LogP contribution in [0.1, 0.15) is 31.9 Å². The number of hydrogen-bond acceptors (Lipinski definition) is 5. The van der Waals surface area contributed by atoms with Crippen LogP contribution in [0.4, 0.5) is 5.69 Å². The average molecular weight is 510 g/mol. The van der Waals surface area contributed by atoms with Crippen LogP contribution in [0.25, 0.3) is 0 Å². The third kappa shape index (κ3) is 7.11. The molecular formula is C24H32ClN3O5S. The van der Waals surface area contributed by atoms with Crippen molar-refractivity contribution in [2.45, 2.75) is 46.3 Å². The molecule has 0 aliphatic carbocycles. The van der Waals surface area contributed by atoms with Crippen molar-refractivity contribution in [3.63, 3.8) is 0 Å². The monoisotopic (exact) mass is 509 g/mol. The average Bonchev–Trinajstić information content (AvgIpc) is 2.75. The molecule has 0 radical (unpaired) electrons. The summed E-state index contributed by atoms with van der Waals surface area (Å²) in [4.78, 5) is 27.7. The molecule has 10 heteroatoms. The zero-order valence-corrected chi connectivity index (χ0v) is 21.9. The van der Waals surface area contributed by atoms with Gasteiger partial charge < -0.3 is 15.0 Å². The standard InChI is InChI=1S/C24H32ClN3O5S/c1-16(2)26-24(30)18(4)27(14-19-10-8-7-9-17(19)3)23(29)15-28(34(6,31)32)20-11-12-22(33-5)21(25)13-20/h7-13,16,18H,14-15H2,1-6H3,(H,26,30)/t18-/m0/s1. The Kier molecular flexibility index (Phi) is 9.35. The third-order valence-electron chi connectivity index (χ3n) is 5.30. The lowest BCUT2D eigenvalue weighted by atomic mass is 10.1. The van der Waals surface area contributed by atoms with E-state index >= 15 is 0 Å². The number of rotatable bonds is 10. The molecule has 2 aromatic carbocycles. The van der Waals surface area contributed by atoms with E-state index in [-0.39, 0.29) is 29.2 Å². The van der Waals surface area contributed by atoms with Crippen LogP contribution in [0.3, 0.4) is 0 Å². The van der Waals surface area contributed by atoms with Crippen molar-refractivity contribution in [1.82, 2.24) is 10.2 Å². The predicted octanol–water partition coefficient (Wildman–Crippen LogP) is 3.36. The van der Waals surface area contributed by atoms with Gasteiger partial charge in [-0.2, -0.15) is 0 Å². The van der Waals surface area contributed by atoms with Crippen LogP contribution in [0.2, 0.25) is 5.02 Å². The van der Waals surface area contributed by atoms with Gasteiger partial charge in [-0.05, 0) is 57.0 Å². The Labute approximate surface area is 206 Å². The van der Waals surface area contributed by atoms with Crippen molar-refractivity contribution in [3.8, 4) is 5.75 Å². The fourth-order valence-electron chi connectivity index (χ4n) is 3.38. The van der Waals surface area contributed by atoms with Gasteiger partial charge in [-0.25, -0.2) is 8.42 Å². The summed E-state index contributed by atoms with van der Waals surface area (Å²) in [6, 6.07) is 11.1. The molecule has 2 rings (SSSR count). The number of aryl methyl sites for hydroxylation is 1. The van der Waals surface area contributed by atoms with Gasteiger partial charge in [0, 0.05) is 12.6 Å². The van der Waals surface area contributed by atoms with E-state index in [1.54, 1.807) is 6.92 Å². The van der Waals surface area contributed by atoms with E-state index in [9.17, 15) is 18.0 Å². The summed E-state index contributed by atoms with van der Waals surface area (Å²) in [5.74, 6) is -0.465. The number of methoxy groups -OCH3 is 1. The number of amides is 2. The van der Waals surface area contributed by atoms with Gasteiger partial charge in [0.1, 0.15) is 18.3 Å². The van der Waals surface area contributed by atoms with Crippen molar-refractivity contribution in [1.29, 1.82) is 0 Å². The summed E-state index contributed by atoms with van der Waals surface area (Å²) in [5.41, 5.74) is 2.04. The molecule has 0 aliphatic heterocycles. The Morgan fingerprint density at radius 1 is 1.12 bits per heavy atom. The summed E-state index contributed by atoms with van der Waals surface area (Å²) >= 11 is 6.19. The summed E-state index contributed by atoms with van der Waals surface area (Å²) in [6.07, 6.45) is 1.01. The molecule has 0 aliphatic rings. The minimum atomic E-state index is -3.84. The molecule has 2 aromatic rings. The first-order valence-electron chi connectivity index (χ1n) is 10.8. The van der Waals surface area contributed by atoms with E-state index in [1.807, 2.05) is 45.0 Å². The maximum atomic E-state index is 13.5. The van der Waals surface area contributed by atoms with E-state index < -0.39 is 28.5 Å². The van der Waals surface area contributed by atoms with Gasteiger partial charge in [0.25, 0.3) is 0 Å². The first kappa shape index (κ1) is 27.5. The smallest absolute Gasteiger partial charge is 0.244 e. The molecule has 0 heterocycles. The second-order valence-corrected chi connectivity index (χ2v) is 10.7. The minimum Gasteiger partial charge on any atom is -0.495 e. The Morgan fingerprint density at radius 3 is 2.29 bits per heavy atom. The lowest BCUT2D eigenvalue weighted by Crippen LogP contribution is -2.52. The topological polar surface area (TPSA) is 96.0 Å². The van der Waals surface area contributed by atoms with E-state index in [1.165, 1.54) is 30.2 Å². The van der Waals surface area contributed by atoms with Gasteiger partial charge in [0.15, 0.2) is 0 Å². The number of benzene rings is 2. The van der Waals surface area contributed by atoms with Gasteiger partial charge in [0.2, 0.25) is 21.8 Å². The highest BCUT2D eigenvalue weighted by atomic mass is 35.5. The molecule has 0 fully saturated rings. The Morgan fingerprint density at radius 2 is 1.76 bits per heavy atom. The second-order valence-electron chi connectivity index (χ2n) is 8.38. The number of nitrogens with one attached hydrogen (secondary N) is 1. The Hall–Kier alpha value is -2.78. The minimum absolute atomic E-state index is 0.112.